The number of aromatic nitrogens is 4. The number of halogens is 1. The minimum absolute atomic E-state index is 0. The maximum absolute atomic E-state index is 16.5. The number of fused-ring (bicyclic) bond motifs is 3. The van der Waals surface area contributed by atoms with Crippen molar-refractivity contribution in [1.29, 1.82) is 0 Å². The van der Waals surface area contributed by atoms with Gasteiger partial charge in [-0.15, -0.1) is 29.3 Å². The van der Waals surface area contributed by atoms with Crippen LogP contribution in [0.25, 0.3) is 89.4 Å². The molecule has 0 aliphatic rings. The molecule has 11 rings (SSSR count). The molecule has 0 atom stereocenters. The number of hydrogen-bond donors (Lipinski definition) is 0. The zero-order chi connectivity index (χ0) is 49.1. The Kier molecular flexibility index (Phi) is 13.2. The predicted octanol–water partition coefficient (Wildman–Crippen LogP) is 17.8. The van der Waals surface area contributed by atoms with Gasteiger partial charge in [0.25, 0.3) is 0 Å². The first-order valence-corrected chi connectivity index (χ1v) is 24.7. The Morgan fingerprint density at radius 2 is 1.01 bits per heavy atom. The van der Waals surface area contributed by atoms with Gasteiger partial charge in [0.2, 0.25) is 0 Å². The Morgan fingerprint density at radius 1 is 0.500 bits per heavy atom. The molecule has 0 fully saturated rings. The van der Waals surface area contributed by atoms with Crippen molar-refractivity contribution in [3.05, 3.63) is 204 Å². The van der Waals surface area contributed by atoms with Crippen LogP contribution in [0.15, 0.2) is 168 Å². The average molecular weight is 1130 g/mol. The van der Waals surface area contributed by atoms with Crippen molar-refractivity contribution in [2.24, 2.45) is 0 Å². The molecular formula is C64H55FN4O2Pt. The first-order valence-electron chi connectivity index (χ1n) is 24.7. The van der Waals surface area contributed by atoms with Gasteiger partial charge in [0.05, 0.1) is 51.3 Å². The van der Waals surface area contributed by atoms with E-state index < -0.39 is 0 Å². The van der Waals surface area contributed by atoms with E-state index in [0.717, 1.165) is 61.4 Å². The van der Waals surface area contributed by atoms with Crippen molar-refractivity contribution in [2.75, 3.05) is 0 Å². The van der Waals surface area contributed by atoms with Crippen LogP contribution in [0.2, 0.25) is 0 Å². The Balaban J connectivity index is 0.00000596. The molecule has 11 aromatic rings. The van der Waals surface area contributed by atoms with E-state index in [1.807, 2.05) is 53.1 Å². The molecule has 0 saturated heterocycles. The molecule has 0 unspecified atom stereocenters. The predicted molar refractivity (Wildman–Crippen MR) is 288 cm³/mol. The molecule has 360 valence electrons. The van der Waals surface area contributed by atoms with Crippen LogP contribution in [-0.4, -0.2) is 19.1 Å². The second kappa shape index (κ2) is 19.7. The third kappa shape index (κ3) is 8.68. The minimum atomic E-state index is -0.362. The van der Waals surface area contributed by atoms with Crippen LogP contribution in [0.3, 0.4) is 0 Å². The Bertz CT molecular complexity index is 3710. The molecule has 0 aliphatic heterocycles. The van der Waals surface area contributed by atoms with Crippen molar-refractivity contribution >= 4 is 33.0 Å². The summed E-state index contributed by atoms with van der Waals surface area (Å²) in [5, 5.41) is 0.730. The van der Waals surface area contributed by atoms with Gasteiger partial charge in [0.15, 0.2) is 0 Å². The summed E-state index contributed by atoms with van der Waals surface area (Å²) in [6, 6.07) is 60.6. The van der Waals surface area contributed by atoms with Crippen LogP contribution < -0.4 is 4.74 Å². The van der Waals surface area contributed by atoms with E-state index in [2.05, 4.69) is 169 Å². The summed E-state index contributed by atoms with van der Waals surface area (Å²) < 4.78 is 33.9. The monoisotopic (exact) mass is 1130 g/mol. The second-order valence-corrected chi connectivity index (χ2v) is 19.7. The second-order valence-electron chi connectivity index (χ2n) is 19.7. The number of furan rings is 1. The van der Waals surface area contributed by atoms with Gasteiger partial charge in [0, 0.05) is 17.1 Å². The van der Waals surface area contributed by atoms with Gasteiger partial charge in [-0.1, -0.05) is 159 Å². The number of benzene rings is 8. The first kappa shape index (κ1) is 48.3. The number of nitrogens with zero attached hydrogens (tertiary/aromatic N) is 4. The van der Waals surface area contributed by atoms with Crippen molar-refractivity contribution in [1.82, 2.24) is 19.1 Å². The van der Waals surface area contributed by atoms with Crippen LogP contribution >= 0.6 is 0 Å². The molecule has 0 saturated carbocycles. The fourth-order valence-corrected chi connectivity index (χ4v) is 10.1. The van der Waals surface area contributed by atoms with Gasteiger partial charge in [0.1, 0.15) is 5.82 Å². The summed E-state index contributed by atoms with van der Waals surface area (Å²) in [6.07, 6.45) is 1.65. The van der Waals surface area contributed by atoms with E-state index in [0.29, 0.717) is 39.5 Å². The van der Waals surface area contributed by atoms with Gasteiger partial charge in [-0.3, -0.25) is 9.97 Å². The summed E-state index contributed by atoms with van der Waals surface area (Å²) in [4.78, 5) is 10.5. The van der Waals surface area contributed by atoms with Crippen molar-refractivity contribution in [3.8, 4) is 67.9 Å². The normalized spacial score (nSPS) is 11.8. The first-order chi connectivity index (χ1) is 34.4. The number of imidazole rings is 2. The molecule has 8 heteroatoms. The molecule has 8 aromatic carbocycles. The van der Waals surface area contributed by atoms with Gasteiger partial charge >= 0.3 is 21.1 Å². The quantitative estimate of drug-likeness (QED) is 0.114. The van der Waals surface area contributed by atoms with Crippen LogP contribution in [-0.2, 0) is 21.1 Å². The Labute approximate surface area is 435 Å². The fourth-order valence-electron chi connectivity index (χ4n) is 10.1. The molecule has 72 heavy (non-hydrogen) atoms. The van der Waals surface area contributed by atoms with Crippen LogP contribution in [0.5, 0.6) is 11.5 Å². The van der Waals surface area contributed by atoms with Crippen LogP contribution in [0, 0.1) is 17.9 Å². The smallest absolute Gasteiger partial charge is 0.496 e. The zero-order valence-electron chi connectivity index (χ0n) is 41.7. The Hall–Kier alpha value is -7.34. The van der Waals surface area contributed by atoms with Crippen molar-refractivity contribution in [3.63, 3.8) is 0 Å². The van der Waals surface area contributed by atoms with Gasteiger partial charge in [-0.25, -0.2) is 4.39 Å². The standard InChI is InChI=1S/C64H55FN4O2.Pt/c1-38(2)50-32-45(42-19-11-9-12-20-42)33-51(39(3)4)60(50)68-57-28-16-15-26-55(57)66-63(68)44-23-17-24-48(31-44)71-59-37-47(36-58-49(59)29-30-70-58)64-67-56-27-18-25-54(65)62(56)69(64)61-52(40(5)6)34-46(35-53(61)41(7)8)43-21-13-10-14-22-43;/h9-30,32-36,38-41H,1-8H3;/q-2;+2. The number of ether oxygens (including phenoxy) is 1. The molecule has 0 N–H and O–H groups in total. The van der Waals surface area contributed by atoms with E-state index in [9.17, 15) is 0 Å². The third-order valence-corrected chi connectivity index (χ3v) is 13.6. The molecule has 3 aromatic heterocycles. The van der Waals surface area contributed by atoms with E-state index in [1.54, 1.807) is 12.3 Å². The van der Waals surface area contributed by atoms with Gasteiger partial charge in [-0.05, 0) is 122 Å². The van der Waals surface area contributed by atoms with E-state index >= 15 is 4.39 Å². The molecule has 6 nitrogen and oxygen atoms in total. The summed E-state index contributed by atoms with van der Waals surface area (Å²) in [5.41, 5.74) is 16.1. The zero-order valence-corrected chi connectivity index (χ0v) is 44.0. The largest absolute Gasteiger partial charge is 2.00 e. The molecule has 0 spiro atoms. The number of para-hydroxylation sites is 3. The topological polar surface area (TPSA) is 58.0 Å². The summed E-state index contributed by atoms with van der Waals surface area (Å²) in [7, 11) is 0. The number of rotatable bonds is 12. The Morgan fingerprint density at radius 3 is 1.61 bits per heavy atom. The molecule has 0 amide bonds. The SMILES string of the molecule is CC(C)c1cc(-c2ccccc2)cc(C(C)C)c1-n1c(-c2[c-]c(Oc3[c-]c(-c4nc5cccc(F)c5n4-c4c(C(C)C)cc(-c5ccccc5)cc4C(C)C)cc4occc34)ccc2)nc2ccccc21.[Pt+2]. The molecule has 0 bridgehead atoms. The van der Waals surface area contributed by atoms with Crippen LogP contribution in [0.4, 0.5) is 4.39 Å². The third-order valence-electron chi connectivity index (χ3n) is 13.6. The molecule has 3 heterocycles. The molecular weight excluding hydrogens is 1070 g/mol. The summed E-state index contributed by atoms with van der Waals surface area (Å²) >= 11 is 0. The van der Waals surface area contributed by atoms with Gasteiger partial charge in [-0.2, -0.15) is 0 Å². The van der Waals surface area contributed by atoms with Crippen molar-refractivity contribution in [2.45, 2.75) is 79.1 Å². The summed E-state index contributed by atoms with van der Waals surface area (Å²) in [5.74, 6) is 2.45. The minimum Gasteiger partial charge on any atom is -0.496 e. The van der Waals surface area contributed by atoms with Crippen LogP contribution in [0.1, 0.15) is 101 Å². The molecule has 0 aliphatic carbocycles. The van der Waals surface area contributed by atoms with Crippen molar-refractivity contribution < 1.29 is 34.6 Å². The maximum atomic E-state index is 16.5. The summed E-state index contributed by atoms with van der Waals surface area (Å²) in [6.45, 7) is 17.8. The average Bonchev–Trinajstić information content (AvgIpc) is 4.13. The van der Waals surface area contributed by atoms with Gasteiger partial charge < -0.3 is 18.3 Å². The van der Waals surface area contributed by atoms with E-state index in [1.165, 1.54) is 28.3 Å². The number of hydrogen-bond acceptors (Lipinski definition) is 4. The van der Waals surface area contributed by atoms with E-state index in [-0.39, 0.29) is 50.6 Å². The maximum Gasteiger partial charge on any atom is 2.00 e. The van der Waals surface area contributed by atoms with E-state index in [4.69, 9.17) is 19.1 Å². The fraction of sp³-hybridized carbons (Fsp3) is 0.188. The molecule has 0 radical (unpaired) electrons.